The number of fused-ring (bicyclic) bond motifs is 7. The number of thiophene rings is 1. The second-order valence-electron chi connectivity index (χ2n) is 12.8. The van der Waals surface area contributed by atoms with E-state index in [2.05, 4.69) is 47.4 Å². The molecule has 4 aliphatic carbocycles. The molecule has 0 bridgehead atoms. The van der Waals surface area contributed by atoms with Crippen LogP contribution in [0.15, 0.2) is 72.0 Å². The minimum Gasteiger partial charge on any atom is -0.341 e. The van der Waals surface area contributed by atoms with Crippen LogP contribution in [0.1, 0.15) is 105 Å². The largest absolute Gasteiger partial charge is 0.341 e. The average molecular weight is 584 g/mol. The quantitative estimate of drug-likeness (QED) is 0.175. The number of Topliss-reactive ketones (excluding diaryl/α,β-unsaturated/α-hetero) is 4. The molecule has 212 valence electrons. The normalized spacial score (nSPS) is 21.8. The Morgan fingerprint density at radius 1 is 0.721 bits per heavy atom. The molecule has 5 nitrogen and oxygen atoms in total. The molecule has 0 amide bonds. The number of benzene rings is 3. The summed E-state index contributed by atoms with van der Waals surface area (Å²) in [7, 11) is 0. The highest BCUT2D eigenvalue weighted by Gasteiger charge is 2.51. The number of rotatable bonds is 2. The van der Waals surface area contributed by atoms with E-state index >= 15 is 0 Å². The number of anilines is 1. The van der Waals surface area contributed by atoms with E-state index in [-0.39, 0.29) is 69.2 Å². The van der Waals surface area contributed by atoms with Crippen molar-refractivity contribution in [3.8, 4) is 0 Å². The average Bonchev–Trinajstić information content (AvgIpc) is 3.70. The van der Waals surface area contributed by atoms with Crippen molar-refractivity contribution < 1.29 is 19.2 Å². The van der Waals surface area contributed by atoms with Gasteiger partial charge in [-0.2, -0.15) is 0 Å². The van der Waals surface area contributed by atoms with Gasteiger partial charge in [0.25, 0.3) is 0 Å². The molecule has 1 aromatic heterocycles. The fraction of sp³-hybridized carbons (Fsp3) is 0.297. The lowest BCUT2D eigenvalue weighted by Crippen LogP contribution is -2.34. The molecule has 1 aliphatic heterocycles. The zero-order chi connectivity index (χ0) is 29.0. The SMILES string of the molecule is O=C1CCC(=O)c2cc3c(cc21)C(=O)C(=C/C=C1\N(C2CC2)c2cc4sc5ccccc5c4cc2C12CCCCC2)C3=O. The number of ketones is 4. The second-order valence-corrected chi connectivity index (χ2v) is 13.9. The summed E-state index contributed by atoms with van der Waals surface area (Å²) in [6.45, 7) is 0. The van der Waals surface area contributed by atoms with Gasteiger partial charge in [0.1, 0.15) is 0 Å². The first-order chi connectivity index (χ1) is 20.9. The highest BCUT2D eigenvalue weighted by Crippen LogP contribution is 2.59. The van der Waals surface area contributed by atoms with Gasteiger partial charge in [-0.1, -0.05) is 37.5 Å². The van der Waals surface area contributed by atoms with Crippen LogP contribution in [0.4, 0.5) is 5.69 Å². The van der Waals surface area contributed by atoms with Crippen molar-refractivity contribution in [1.29, 1.82) is 0 Å². The molecular weight excluding hydrogens is 554 g/mol. The van der Waals surface area contributed by atoms with Crippen molar-refractivity contribution in [3.05, 3.63) is 99.8 Å². The van der Waals surface area contributed by atoms with E-state index in [0.29, 0.717) is 6.04 Å². The Kier molecular flexibility index (Phi) is 5.26. The van der Waals surface area contributed by atoms with Crippen LogP contribution in [0.2, 0.25) is 0 Å². The van der Waals surface area contributed by atoms with Crippen molar-refractivity contribution in [1.82, 2.24) is 0 Å². The number of hydrogen-bond donors (Lipinski definition) is 0. The maximum Gasteiger partial charge on any atom is 0.197 e. The smallest absolute Gasteiger partial charge is 0.197 e. The van der Waals surface area contributed by atoms with Gasteiger partial charge < -0.3 is 4.90 Å². The van der Waals surface area contributed by atoms with E-state index in [1.807, 2.05) is 11.3 Å². The molecule has 2 heterocycles. The van der Waals surface area contributed by atoms with E-state index in [1.54, 1.807) is 6.08 Å². The van der Waals surface area contributed by atoms with Crippen LogP contribution in [0.3, 0.4) is 0 Å². The number of allylic oxidation sites excluding steroid dienone is 4. The van der Waals surface area contributed by atoms with Gasteiger partial charge in [-0.3, -0.25) is 19.2 Å². The van der Waals surface area contributed by atoms with Crippen molar-refractivity contribution >= 4 is 60.3 Å². The molecule has 0 N–H and O–H groups in total. The van der Waals surface area contributed by atoms with Gasteiger partial charge in [0, 0.05) is 78.1 Å². The first kappa shape index (κ1) is 25.3. The molecule has 1 spiro atoms. The van der Waals surface area contributed by atoms with Crippen LogP contribution < -0.4 is 4.90 Å². The van der Waals surface area contributed by atoms with E-state index in [9.17, 15) is 19.2 Å². The number of hydrogen-bond acceptors (Lipinski definition) is 6. The molecule has 43 heavy (non-hydrogen) atoms. The molecule has 0 unspecified atom stereocenters. The molecule has 2 fully saturated rings. The van der Waals surface area contributed by atoms with Crippen molar-refractivity contribution in [2.75, 3.05) is 4.90 Å². The predicted molar refractivity (Wildman–Crippen MR) is 169 cm³/mol. The van der Waals surface area contributed by atoms with Crippen LogP contribution in [0, 0.1) is 0 Å². The Balaban J connectivity index is 1.20. The fourth-order valence-electron chi connectivity index (χ4n) is 8.13. The number of carbonyl (C=O) groups excluding carboxylic acids is 4. The highest BCUT2D eigenvalue weighted by molar-refractivity contribution is 7.25. The van der Waals surface area contributed by atoms with Gasteiger partial charge >= 0.3 is 0 Å². The van der Waals surface area contributed by atoms with Gasteiger partial charge in [0.2, 0.25) is 0 Å². The maximum absolute atomic E-state index is 13.6. The summed E-state index contributed by atoms with van der Waals surface area (Å²) in [6.07, 6.45) is 11.9. The van der Waals surface area contributed by atoms with E-state index in [1.165, 1.54) is 55.7 Å². The molecule has 4 aromatic rings. The third-order valence-corrected chi connectivity index (χ3v) is 11.5. The Morgan fingerprint density at radius 3 is 2.07 bits per heavy atom. The number of carbonyl (C=O) groups is 4. The molecule has 2 saturated carbocycles. The summed E-state index contributed by atoms with van der Waals surface area (Å²) in [4.78, 5) is 54.9. The Bertz CT molecular complexity index is 1990. The Hall–Kier alpha value is -4.16. The molecule has 0 saturated heterocycles. The lowest BCUT2D eigenvalue weighted by atomic mass is 9.68. The van der Waals surface area contributed by atoms with Crippen molar-refractivity contribution in [3.63, 3.8) is 0 Å². The fourth-order valence-corrected chi connectivity index (χ4v) is 9.25. The first-order valence-electron chi connectivity index (χ1n) is 15.5. The zero-order valence-electron chi connectivity index (χ0n) is 23.7. The van der Waals surface area contributed by atoms with Gasteiger partial charge in [0.05, 0.1) is 5.57 Å². The van der Waals surface area contributed by atoms with Crippen molar-refractivity contribution in [2.24, 2.45) is 0 Å². The van der Waals surface area contributed by atoms with Gasteiger partial charge in [0.15, 0.2) is 23.1 Å². The van der Waals surface area contributed by atoms with Gasteiger partial charge in [-0.15, -0.1) is 11.3 Å². The first-order valence-corrected chi connectivity index (χ1v) is 16.3. The van der Waals surface area contributed by atoms with E-state index < -0.39 is 0 Å². The molecule has 0 radical (unpaired) electrons. The molecular formula is C37H29NO4S. The molecule has 6 heteroatoms. The third-order valence-electron chi connectivity index (χ3n) is 10.4. The summed E-state index contributed by atoms with van der Waals surface area (Å²) in [6, 6.07) is 16.9. The standard InChI is InChI=1S/C37H29NO4S/c39-30-11-12-31(40)24-17-27-26(16-23(24)30)35(41)22(36(27)42)10-13-34-37(14-4-1-5-15-37)28-18-25-21-6-2-3-7-32(21)43-33(25)19-29(28)38(34)20-8-9-20/h2-3,6-7,10,13,16-20H,1,4-5,8-9,11-12,14-15H2/b34-13-. The highest BCUT2D eigenvalue weighted by atomic mass is 32.1. The minimum absolute atomic E-state index is 0.120. The van der Waals surface area contributed by atoms with Crippen molar-refractivity contribution in [2.45, 2.75) is 69.2 Å². The molecule has 3 aromatic carbocycles. The van der Waals surface area contributed by atoms with Gasteiger partial charge in [-0.25, -0.2) is 0 Å². The Labute approximate surface area is 252 Å². The Morgan fingerprint density at radius 2 is 1.40 bits per heavy atom. The summed E-state index contributed by atoms with van der Waals surface area (Å²) >= 11 is 1.84. The predicted octanol–water partition coefficient (Wildman–Crippen LogP) is 8.29. The number of nitrogens with zero attached hydrogens (tertiary/aromatic N) is 1. The second kappa shape index (κ2) is 8.93. The van der Waals surface area contributed by atoms with E-state index in [0.717, 1.165) is 38.5 Å². The topological polar surface area (TPSA) is 71.5 Å². The molecule has 0 atom stereocenters. The maximum atomic E-state index is 13.6. The van der Waals surface area contributed by atoms with Crippen LogP contribution in [-0.2, 0) is 5.41 Å². The summed E-state index contributed by atoms with van der Waals surface area (Å²) in [5.74, 6) is -1.01. The lowest BCUT2D eigenvalue weighted by molar-refractivity contribution is 0.0890. The van der Waals surface area contributed by atoms with Crippen LogP contribution in [-0.4, -0.2) is 29.2 Å². The van der Waals surface area contributed by atoms with E-state index in [4.69, 9.17) is 0 Å². The van der Waals surface area contributed by atoms with Gasteiger partial charge in [-0.05, 0) is 73.7 Å². The third kappa shape index (κ3) is 3.50. The monoisotopic (exact) mass is 583 g/mol. The summed E-state index contributed by atoms with van der Waals surface area (Å²) in [5.41, 5.74) is 4.87. The molecule has 5 aliphatic rings. The summed E-state index contributed by atoms with van der Waals surface area (Å²) < 4.78 is 2.60. The van der Waals surface area contributed by atoms with Crippen LogP contribution in [0.25, 0.3) is 20.2 Å². The lowest BCUT2D eigenvalue weighted by Gasteiger charge is -2.37. The minimum atomic E-state index is -0.358. The molecule has 9 rings (SSSR count). The summed E-state index contributed by atoms with van der Waals surface area (Å²) in [5, 5.41) is 2.61. The van der Waals surface area contributed by atoms with Crippen LogP contribution >= 0.6 is 11.3 Å². The van der Waals surface area contributed by atoms with Crippen LogP contribution in [0.5, 0.6) is 0 Å². The zero-order valence-corrected chi connectivity index (χ0v) is 24.5.